The molecular weight excluding hydrogens is 232 g/mol. The lowest BCUT2D eigenvalue weighted by Crippen LogP contribution is -2.11. The zero-order valence-electron chi connectivity index (χ0n) is 12.7. The normalized spacial score (nSPS) is 11.8. The molecule has 2 aromatic rings. The molecule has 0 aliphatic rings. The number of aromatic nitrogens is 1. The Morgan fingerprint density at radius 2 is 1.89 bits per heavy atom. The first-order valence-electron chi connectivity index (χ1n) is 7.07. The van der Waals surface area contributed by atoms with E-state index in [2.05, 4.69) is 57.3 Å². The van der Waals surface area contributed by atoms with Gasteiger partial charge < -0.3 is 5.32 Å². The van der Waals surface area contributed by atoms with Crippen LogP contribution in [0.2, 0.25) is 0 Å². The second-order valence-corrected chi connectivity index (χ2v) is 6.14. The van der Waals surface area contributed by atoms with Gasteiger partial charge >= 0.3 is 0 Å². The lowest BCUT2D eigenvalue weighted by atomic mass is 9.86. The molecule has 0 amide bonds. The molecule has 0 unspecified atom stereocenters. The maximum Gasteiger partial charge on any atom is 0.0726 e. The summed E-state index contributed by atoms with van der Waals surface area (Å²) in [6, 6.07) is 8.79. The van der Waals surface area contributed by atoms with Crippen LogP contribution in [-0.2, 0) is 11.8 Å². The average molecular weight is 256 g/mol. The molecule has 0 radical (unpaired) electrons. The summed E-state index contributed by atoms with van der Waals surface area (Å²) in [5.41, 5.74) is 4.95. The van der Waals surface area contributed by atoms with Crippen molar-refractivity contribution in [2.75, 3.05) is 12.4 Å². The van der Waals surface area contributed by atoms with Gasteiger partial charge in [0.05, 0.1) is 5.52 Å². The van der Waals surface area contributed by atoms with Crippen LogP contribution in [0.3, 0.4) is 0 Å². The van der Waals surface area contributed by atoms with Crippen LogP contribution < -0.4 is 5.32 Å². The highest BCUT2D eigenvalue weighted by Gasteiger charge is 2.15. The van der Waals surface area contributed by atoms with E-state index in [1.165, 1.54) is 22.3 Å². The summed E-state index contributed by atoms with van der Waals surface area (Å²) in [6.45, 7) is 8.91. The van der Waals surface area contributed by atoms with Crippen molar-refractivity contribution in [3.05, 3.63) is 35.5 Å². The molecule has 0 fully saturated rings. The quantitative estimate of drug-likeness (QED) is 0.873. The van der Waals surface area contributed by atoms with E-state index >= 15 is 0 Å². The number of anilines is 1. The van der Waals surface area contributed by atoms with Gasteiger partial charge in [0.15, 0.2) is 0 Å². The maximum atomic E-state index is 4.76. The number of aryl methyl sites for hydroxylation is 1. The Balaban J connectivity index is 2.62. The molecule has 0 saturated carbocycles. The highest BCUT2D eigenvalue weighted by atomic mass is 14.8. The highest BCUT2D eigenvalue weighted by molar-refractivity contribution is 5.92. The van der Waals surface area contributed by atoms with Gasteiger partial charge in [-0.05, 0) is 35.6 Å². The smallest absolute Gasteiger partial charge is 0.0726 e. The van der Waals surface area contributed by atoms with Crippen LogP contribution in [0.4, 0.5) is 5.69 Å². The van der Waals surface area contributed by atoms with Crippen LogP contribution in [0.5, 0.6) is 0 Å². The number of hydrogen-bond donors (Lipinski definition) is 1. The van der Waals surface area contributed by atoms with E-state index in [0.717, 1.165) is 18.4 Å². The SMILES string of the molecule is CCCc1cc(NC)c2cc(C(C)(C)C)ccc2n1. The molecule has 2 heteroatoms. The largest absolute Gasteiger partial charge is 0.388 e. The predicted molar refractivity (Wildman–Crippen MR) is 84.0 cm³/mol. The van der Waals surface area contributed by atoms with Crippen molar-refractivity contribution in [1.82, 2.24) is 4.98 Å². The van der Waals surface area contributed by atoms with Gasteiger partial charge in [-0.2, -0.15) is 0 Å². The Kier molecular flexibility index (Phi) is 3.79. The number of nitrogens with zero attached hydrogens (tertiary/aromatic N) is 1. The van der Waals surface area contributed by atoms with Crippen LogP contribution in [0.1, 0.15) is 45.4 Å². The fourth-order valence-corrected chi connectivity index (χ4v) is 2.34. The minimum absolute atomic E-state index is 0.168. The first-order chi connectivity index (χ1) is 8.95. The van der Waals surface area contributed by atoms with Crippen molar-refractivity contribution in [3.8, 4) is 0 Å². The Labute approximate surface area is 116 Å². The molecule has 1 heterocycles. The van der Waals surface area contributed by atoms with Crippen LogP contribution in [0.15, 0.2) is 24.3 Å². The number of benzene rings is 1. The van der Waals surface area contributed by atoms with E-state index in [1.54, 1.807) is 0 Å². The van der Waals surface area contributed by atoms with E-state index in [1.807, 2.05) is 7.05 Å². The van der Waals surface area contributed by atoms with Crippen molar-refractivity contribution in [2.24, 2.45) is 0 Å². The Morgan fingerprint density at radius 1 is 1.16 bits per heavy atom. The van der Waals surface area contributed by atoms with Crippen LogP contribution in [0, 0.1) is 0 Å². The molecule has 1 aromatic carbocycles. The molecule has 2 rings (SSSR count). The number of fused-ring (bicyclic) bond motifs is 1. The maximum absolute atomic E-state index is 4.76. The fourth-order valence-electron chi connectivity index (χ4n) is 2.34. The minimum Gasteiger partial charge on any atom is -0.388 e. The summed E-state index contributed by atoms with van der Waals surface area (Å²) in [6.07, 6.45) is 2.16. The number of rotatable bonds is 3. The predicted octanol–water partition coefficient (Wildman–Crippen LogP) is 4.53. The summed E-state index contributed by atoms with van der Waals surface area (Å²) >= 11 is 0. The molecule has 19 heavy (non-hydrogen) atoms. The van der Waals surface area contributed by atoms with E-state index in [4.69, 9.17) is 4.98 Å². The van der Waals surface area contributed by atoms with Crippen LogP contribution in [0.25, 0.3) is 10.9 Å². The lowest BCUT2D eigenvalue weighted by Gasteiger charge is -2.20. The molecule has 0 saturated heterocycles. The first kappa shape index (κ1) is 13.9. The van der Waals surface area contributed by atoms with Crippen molar-refractivity contribution in [3.63, 3.8) is 0 Å². The van der Waals surface area contributed by atoms with Crippen LogP contribution in [-0.4, -0.2) is 12.0 Å². The van der Waals surface area contributed by atoms with Gasteiger partial charge in [0.1, 0.15) is 0 Å². The van der Waals surface area contributed by atoms with E-state index in [0.29, 0.717) is 0 Å². The number of nitrogens with one attached hydrogen (secondary N) is 1. The molecule has 0 atom stereocenters. The van der Waals surface area contributed by atoms with E-state index in [-0.39, 0.29) is 5.41 Å². The molecule has 2 nitrogen and oxygen atoms in total. The lowest BCUT2D eigenvalue weighted by molar-refractivity contribution is 0.591. The summed E-state index contributed by atoms with van der Waals surface area (Å²) in [5, 5.41) is 4.52. The Bertz CT molecular complexity index is 580. The van der Waals surface area contributed by atoms with Gasteiger partial charge in [0.25, 0.3) is 0 Å². The molecule has 1 aromatic heterocycles. The summed E-state index contributed by atoms with van der Waals surface area (Å²) in [5.74, 6) is 0. The van der Waals surface area contributed by atoms with Gasteiger partial charge in [0, 0.05) is 23.8 Å². The van der Waals surface area contributed by atoms with Gasteiger partial charge in [-0.15, -0.1) is 0 Å². The standard InChI is InChI=1S/C17H24N2/c1-6-7-13-11-16(18-5)14-10-12(17(2,3)4)8-9-15(14)19-13/h8-11H,6-7H2,1-5H3,(H,18,19). The van der Waals surface area contributed by atoms with Gasteiger partial charge in [-0.3, -0.25) is 4.98 Å². The second kappa shape index (κ2) is 5.20. The number of hydrogen-bond acceptors (Lipinski definition) is 2. The topological polar surface area (TPSA) is 24.9 Å². The Morgan fingerprint density at radius 3 is 2.47 bits per heavy atom. The molecule has 0 spiro atoms. The summed E-state index contributed by atoms with van der Waals surface area (Å²) < 4.78 is 0. The molecule has 0 aliphatic heterocycles. The molecule has 0 aliphatic carbocycles. The summed E-state index contributed by atoms with van der Waals surface area (Å²) in [4.78, 5) is 4.76. The van der Waals surface area contributed by atoms with Gasteiger partial charge in [-0.1, -0.05) is 40.2 Å². The third kappa shape index (κ3) is 2.89. The highest BCUT2D eigenvalue weighted by Crippen LogP contribution is 2.29. The van der Waals surface area contributed by atoms with Gasteiger partial charge in [-0.25, -0.2) is 0 Å². The molecular formula is C17H24N2. The third-order valence-corrected chi connectivity index (χ3v) is 3.50. The molecule has 102 valence electrons. The second-order valence-electron chi connectivity index (χ2n) is 6.14. The van der Waals surface area contributed by atoms with Crippen molar-refractivity contribution < 1.29 is 0 Å². The summed E-state index contributed by atoms with van der Waals surface area (Å²) in [7, 11) is 1.98. The van der Waals surface area contributed by atoms with Crippen LogP contribution >= 0.6 is 0 Å². The van der Waals surface area contributed by atoms with Crippen molar-refractivity contribution in [2.45, 2.75) is 46.0 Å². The zero-order valence-corrected chi connectivity index (χ0v) is 12.7. The molecule has 0 bridgehead atoms. The molecule has 1 N–H and O–H groups in total. The minimum atomic E-state index is 0.168. The van der Waals surface area contributed by atoms with E-state index in [9.17, 15) is 0 Å². The van der Waals surface area contributed by atoms with E-state index < -0.39 is 0 Å². The third-order valence-electron chi connectivity index (χ3n) is 3.50. The fraction of sp³-hybridized carbons (Fsp3) is 0.471. The average Bonchev–Trinajstić information content (AvgIpc) is 2.36. The number of pyridine rings is 1. The Hall–Kier alpha value is -1.57. The monoisotopic (exact) mass is 256 g/mol. The van der Waals surface area contributed by atoms with Crippen molar-refractivity contribution >= 4 is 16.6 Å². The van der Waals surface area contributed by atoms with Crippen molar-refractivity contribution in [1.29, 1.82) is 0 Å². The van der Waals surface area contributed by atoms with Gasteiger partial charge in [0.2, 0.25) is 0 Å². The zero-order chi connectivity index (χ0) is 14.0. The first-order valence-corrected chi connectivity index (χ1v) is 7.07.